The second-order valence-corrected chi connectivity index (χ2v) is 5.37. The van der Waals surface area contributed by atoms with Crippen molar-refractivity contribution < 1.29 is 14.6 Å². The maximum Gasteiger partial charge on any atom is 0.331 e. The van der Waals surface area contributed by atoms with Gasteiger partial charge in [-0.1, -0.05) is 51.7 Å². The van der Waals surface area contributed by atoms with Crippen molar-refractivity contribution in [1.29, 1.82) is 0 Å². The van der Waals surface area contributed by atoms with E-state index >= 15 is 0 Å². The second-order valence-electron chi connectivity index (χ2n) is 5.37. The lowest BCUT2D eigenvalue weighted by atomic mass is 9.91. The topological polar surface area (TPSA) is 46.5 Å². The van der Waals surface area contributed by atoms with E-state index in [1.165, 1.54) is 0 Å². The minimum atomic E-state index is -0.819. The van der Waals surface area contributed by atoms with Crippen molar-refractivity contribution in [2.45, 2.75) is 46.0 Å². The average Bonchev–Trinajstić information content (AvgIpc) is 2.50. The quantitative estimate of drug-likeness (QED) is 0.666. The molecule has 0 aromatic heterocycles. The Morgan fingerprint density at radius 1 is 1.29 bits per heavy atom. The first kappa shape index (κ1) is 17.3. The smallest absolute Gasteiger partial charge is 0.331 e. The summed E-state index contributed by atoms with van der Waals surface area (Å²) in [5.41, 5.74) is 1.39. The van der Waals surface area contributed by atoms with Gasteiger partial charge in [0.05, 0.1) is 7.11 Å². The van der Waals surface area contributed by atoms with Crippen LogP contribution in [0.3, 0.4) is 0 Å². The number of benzene rings is 1. The van der Waals surface area contributed by atoms with Crippen LogP contribution in [0.25, 0.3) is 6.08 Å². The molecule has 0 bridgehead atoms. The molecule has 1 atom stereocenters. The molecule has 1 aromatic rings. The summed E-state index contributed by atoms with van der Waals surface area (Å²) in [5.74, 6) is 0.407. The second kappa shape index (κ2) is 9.22. The first-order chi connectivity index (χ1) is 10.1. The van der Waals surface area contributed by atoms with Gasteiger partial charge in [0, 0.05) is 5.57 Å². The highest BCUT2D eigenvalue weighted by Crippen LogP contribution is 2.23. The normalized spacial score (nSPS) is 13.0. The van der Waals surface area contributed by atoms with E-state index < -0.39 is 5.97 Å². The minimum absolute atomic E-state index is 0.450. The first-order valence-corrected chi connectivity index (χ1v) is 7.68. The predicted octanol–water partition coefficient (Wildman–Crippen LogP) is 4.77. The fourth-order valence-corrected chi connectivity index (χ4v) is 2.36. The molecule has 0 fully saturated rings. The zero-order chi connectivity index (χ0) is 15.7. The van der Waals surface area contributed by atoms with Crippen molar-refractivity contribution in [3.8, 4) is 5.75 Å². The third-order valence-electron chi connectivity index (χ3n) is 3.78. The Bertz CT molecular complexity index is 460. The summed E-state index contributed by atoms with van der Waals surface area (Å²) in [6.45, 7) is 4.30. The van der Waals surface area contributed by atoms with E-state index in [2.05, 4.69) is 13.8 Å². The number of carboxylic acid groups (broad SMARTS) is 1. The van der Waals surface area contributed by atoms with Crippen LogP contribution in [0, 0.1) is 5.92 Å². The molecule has 0 aliphatic heterocycles. The molecule has 21 heavy (non-hydrogen) atoms. The van der Waals surface area contributed by atoms with Crippen LogP contribution in [-0.2, 0) is 4.79 Å². The molecule has 0 saturated carbocycles. The van der Waals surface area contributed by atoms with Crippen molar-refractivity contribution in [2.24, 2.45) is 5.92 Å². The highest BCUT2D eigenvalue weighted by atomic mass is 16.5. The Morgan fingerprint density at radius 3 is 2.43 bits per heavy atom. The summed E-state index contributed by atoms with van der Waals surface area (Å²) in [7, 11) is 1.62. The first-order valence-electron chi connectivity index (χ1n) is 7.68. The van der Waals surface area contributed by atoms with Gasteiger partial charge in [0.1, 0.15) is 5.75 Å². The molecule has 116 valence electrons. The van der Waals surface area contributed by atoms with E-state index in [0.29, 0.717) is 17.9 Å². The van der Waals surface area contributed by atoms with Crippen molar-refractivity contribution in [3.63, 3.8) is 0 Å². The van der Waals surface area contributed by atoms with Crippen molar-refractivity contribution in [1.82, 2.24) is 0 Å². The van der Waals surface area contributed by atoms with Gasteiger partial charge in [-0.25, -0.2) is 4.79 Å². The highest BCUT2D eigenvalue weighted by Gasteiger charge is 2.14. The summed E-state index contributed by atoms with van der Waals surface area (Å²) >= 11 is 0. The summed E-state index contributed by atoms with van der Waals surface area (Å²) in [5, 5.41) is 9.41. The van der Waals surface area contributed by atoms with E-state index in [-0.39, 0.29) is 0 Å². The Morgan fingerprint density at radius 2 is 1.95 bits per heavy atom. The van der Waals surface area contributed by atoms with Gasteiger partial charge in [0.15, 0.2) is 0 Å². The predicted molar refractivity (Wildman–Crippen MR) is 86.5 cm³/mol. The van der Waals surface area contributed by atoms with E-state index in [1.54, 1.807) is 13.2 Å². The molecule has 0 saturated heterocycles. The third-order valence-corrected chi connectivity index (χ3v) is 3.78. The van der Waals surface area contributed by atoms with Gasteiger partial charge in [-0.3, -0.25) is 0 Å². The van der Waals surface area contributed by atoms with Crippen LogP contribution >= 0.6 is 0 Å². The number of methoxy groups -OCH3 is 1. The van der Waals surface area contributed by atoms with Gasteiger partial charge < -0.3 is 9.84 Å². The van der Waals surface area contributed by atoms with Gasteiger partial charge in [0.2, 0.25) is 0 Å². The van der Waals surface area contributed by atoms with E-state index in [4.69, 9.17) is 4.74 Å². The fourth-order valence-electron chi connectivity index (χ4n) is 2.36. The minimum Gasteiger partial charge on any atom is -0.497 e. The highest BCUT2D eigenvalue weighted by molar-refractivity contribution is 5.92. The molecule has 1 unspecified atom stereocenters. The Hall–Kier alpha value is -1.77. The molecule has 0 heterocycles. The molecule has 3 nitrogen and oxygen atoms in total. The monoisotopic (exact) mass is 290 g/mol. The lowest BCUT2D eigenvalue weighted by Crippen LogP contribution is -2.08. The molecule has 0 aliphatic rings. The van der Waals surface area contributed by atoms with Gasteiger partial charge in [0.25, 0.3) is 0 Å². The summed E-state index contributed by atoms with van der Waals surface area (Å²) in [4.78, 5) is 11.5. The Balaban J connectivity index is 2.83. The van der Waals surface area contributed by atoms with Crippen molar-refractivity contribution in [3.05, 3.63) is 35.4 Å². The van der Waals surface area contributed by atoms with Gasteiger partial charge in [-0.15, -0.1) is 0 Å². The van der Waals surface area contributed by atoms with Gasteiger partial charge in [-0.2, -0.15) is 0 Å². The molecular weight excluding hydrogens is 264 g/mol. The number of rotatable bonds is 9. The molecule has 1 aromatic carbocycles. The number of hydrogen-bond acceptors (Lipinski definition) is 2. The largest absolute Gasteiger partial charge is 0.497 e. The molecule has 0 radical (unpaired) electrons. The Kier molecular flexibility index (Phi) is 7.59. The number of ether oxygens (including phenoxy) is 1. The van der Waals surface area contributed by atoms with Crippen LogP contribution in [0.5, 0.6) is 5.75 Å². The lowest BCUT2D eigenvalue weighted by Gasteiger charge is -2.14. The van der Waals surface area contributed by atoms with Crippen LogP contribution < -0.4 is 4.74 Å². The van der Waals surface area contributed by atoms with Crippen LogP contribution in [0.2, 0.25) is 0 Å². The van der Waals surface area contributed by atoms with Crippen molar-refractivity contribution >= 4 is 12.0 Å². The molecule has 0 aliphatic carbocycles. The fraction of sp³-hybridized carbons (Fsp3) is 0.500. The van der Waals surface area contributed by atoms with E-state index in [0.717, 1.165) is 37.0 Å². The summed E-state index contributed by atoms with van der Waals surface area (Å²) in [6.07, 6.45) is 6.84. The summed E-state index contributed by atoms with van der Waals surface area (Å²) in [6, 6.07) is 7.46. The molecule has 3 heteroatoms. The van der Waals surface area contributed by atoms with Crippen molar-refractivity contribution in [2.75, 3.05) is 7.11 Å². The third kappa shape index (κ3) is 6.03. The number of aliphatic carboxylic acids is 1. The standard InChI is InChI=1S/C18H26O3/c1-4-6-7-14(5-2)12-16(18(19)20)13-15-8-10-17(21-3)11-9-15/h8-11,13-14H,4-7,12H2,1-3H3,(H,19,20)/b16-13+. The van der Waals surface area contributed by atoms with Gasteiger partial charge in [-0.05, 0) is 36.1 Å². The maximum atomic E-state index is 11.5. The molecule has 1 rings (SSSR count). The maximum absolute atomic E-state index is 11.5. The van der Waals surface area contributed by atoms with Crippen LogP contribution in [0.4, 0.5) is 0 Å². The number of carbonyl (C=O) groups is 1. The van der Waals surface area contributed by atoms with Crippen LogP contribution in [0.15, 0.2) is 29.8 Å². The zero-order valence-electron chi connectivity index (χ0n) is 13.3. The summed E-state index contributed by atoms with van der Waals surface area (Å²) < 4.78 is 5.11. The molecule has 0 amide bonds. The zero-order valence-corrected chi connectivity index (χ0v) is 13.3. The average molecular weight is 290 g/mol. The van der Waals surface area contributed by atoms with Crippen LogP contribution in [0.1, 0.15) is 51.5 Å². The lowest BCUT2D eigenvalue weighted by molar-refractivity contribution is -0.132. The van der Waals surface area contributed by atoms with E-state index in [9.17, 15) is 9.90 Å². The molecular formula is C18H26O3. The van der Waals surface area contributed by atoms with E-state index in [1.807, 2.05) is 24.3 Å². The SMILES string of the molecule is CCCCC(CC)C/C(=C\c1ccc(OC)cc1)C(=O)O. The van der Waals surface area contributed by atoms with Gasteiger partial charge >= 0.3 is 5.97 Å². The number of hydrogen-bond donors (Lipinski definition) is 1. The Labute approximate surface area is 127 Å². The van der Waals surface area contributed by atoms with Crippen LogP contribution in [-0.4, -0.2) is 18.2 Å². The molecule has 0 spiro atoms. The molecule has 1 N–H and O–H groups in total. The number of carboxylic acids is 1. The number of unbranched alkanes of at least 4 members (excludes halogenated alkanes) is 1.